The van der Waals surface area contributed by atoms with Gasteiger partial charge in [-0.25, -0.2) is 13.8 Å². The van der Waals surface area contributed by atoms with Gasteiger partial charge in [-0.2, -0.15) is 9.82 Å². The summed E-state index contributed by atoms with van der Waals surface area (Å²) in [6.07, 6.45) is 1.66. The lowest BCUT2D eigenvalue weighted by molar-refractivity contribution is -0.122. The Morgan fingerprint density at radius 1 is 0.842 bits per heavy atom. The van der Waals surface area contributed by atoms with Gasteiger partial charge in [0.2, 0.25) is 10.0 Å². The van der Waals surface area contributed by atoms with E-state index in [0.29, 0.717) is 12.4 Å². The van der Waals surface area contributed by atoms with Crippen molar-refractivity contribution in [3.8, 4) is 5.75 Å². The van der Waals surface area contributed by atoms with Crippen LogP contribution in [0.1, 0.15) is 22.3 Å². The van der Waals surface area contributed by atoms with Gasteiger partial charge >= 0.3 is 0 Å². The second kappa shape index (κ2) is 12.8. The first-order valence-electron chi connectivity index (χ1n) is 12.1. The highest BCUT2D eigenvalue weighted by Crippen LogP contribution is 2.14. The molecule has 0 unspecified atom stereocenters. The van der Waals surface area contributed by atoms with Crippen LogP contribution in [0.25, 0.3) is 0 Å². The van der Waals surface area contributed by atoms with Crippen molar-refractivity contribution in [3.63, 3.8) is 0 Å². The summed E-state index contributed by atoms with van der Waals surface area (Å²) in [5, 5.41) is 4.04. The SMILES string of the molecule is Cc1ccc(S(=O)(=O)N[C@H](Cc2ccccc2)C(=O)N/N=C\c2ccc(OCc3ccccc3)cc2)cc1. The fraction of sp³-hybridized carbons (Fsp3) is 0.133. The van der Waals surface area contributed by atoms with Crippen LogP contribution >= 0.6 is 0 Å². The lowest BCUT2D eigenvalue weighted by Crippen LogP contribution is -2.46. The number of carbonyl (C=O) groups is 1. The van der Waals surface area contributed by atoms with Crippen LogP contribution in [0.15, 0.2) is 119 Å². The number of carbonyl (C=O) groups excluding carboxylic acids is 1. The van der Waals surface area contributed by atoms with Gasteiger partial charge < -0.3 is 4.74 Å². The van der Waals surface area contributed by atoms with Crippen molar-refractivity contribution in [3.05, 3.63) is 131 Å². The number of benzene rings is 4. The average Bonchev–Trinajstić information content (AvgIpc) is 2.93. The maximum absolute atomic E-state index is 13.0. The molecule has 0 heterocycles. The number of amides is 1. The molecule has 0 saturated carbocycles. The summed E-state index contributed by atoms with van der Waals surface area (Å²) >= 11 is 0. The van der Waals surface area contributed by atoms with Gasteiger partial charge in [-0.3, -0.25) is 4.79 Å². The van der Waals surface area contributed by atoms with Crippen LogP contribution in [0.3, 0.4) is 0 Å². The summed E-state index contributed by atoms with van der Waals surface area (Å²) < 4.78 is 34.3. The van der Waals surface area contributed by atoms with E-state index in [4.69, 9.17) is 4.74 Å². The van der Waals surface area contributed by atoms with Crippen molar-refractivity contribution in [2.24, 2.45) is 5.10 Å². The van der Waals surface area contributed by atoms with Crippen molar-refractivity contribution < 1.29 is 17.9 Å². The van der Waals surface area contributed by atoms with E-state index in [1.165, 1.54) is 18.3 Å². The summed E-state index contributed by atoms with van der Waals surface area (Å²) in [7, 11) is -3.93. The zero-order chi connectivity index (χ0) is 26.8. The number of aryl methyl sites for hydroxylation is 1. The minimum Gasteiger partial charge on any atom is -0.489 e. The molecule has 4 rings (SSSR count). The van der Waals surface area contributed by atoms with Crippen LogP contribution in [0.5, 0.6) is 5.75 Å². The molecular formula is C30H29N3O4S. The van der Waals surface area contributed by atoms with Crippen LogP contribution in [-0.2, 0) is 27.8 Å². The Balaban J connectivity index is 1.40. The van der Waals surface area contributed by atoms with E-state index < -0.39 is 22.0 Å². The first-order chi connectivity index (χ1) is 18.4. The molecule has 0 fully saturated rings. The predicted molar refractivity (Wildman–Crippen MR) is 148 cm³/mol. The zero-order valence-electron chi connectivity index (χ0n) is 20.9. The van der Waals surface area contributed by atoms with E-state index in [9.17, 15) is 13.2 Å². The second-order valence-corrected chi connectivity index (χ2v) is 10.5. The van der Waals surface area contributed by atoms with Gasteiger partial charge in [0.15, 0.2) is 0 Å². The molecule has 4 aromatic carbocycles. The molecule has 2 N–H and O–H groups in total. The van der Waals surface area contributed by atoms with Gasteiger partial charge in [0.1, 0.15) is 18.4 Å². The first kappa shape index (κ1) is 26.8. The number of ether oxygens (including phenoxy) is 1. The summed E-state index contributed by atoms with van der Waals surface area (Å²) in [6, 6.07) is 31.7. The lowest BCUT2D eigenvalue weighted by atomic mass is 10.1. The van der Waals surface area contributed by atoms with Crippen molar-refractivity contribution in [1.82, 2.24) is 10.1 Å². The molecule has 0 aliphatic rings. The molecule has 4 aromatic rings. The molecule has 8 heteroatoms. The maximum Gasteiger partial charge on any atom is 0.258 e. The van der Waals surface area contributed by atoms with Gasteiger partial charge in [-0.1, -0.05) is 78.4 Å². The summed E-state index contributed by atoms with van der Waals surface area (Å²) in [5.41, 5.74) is 6.04. The highest BCUT2D eigenvalue weighted by molar-refractivity contribution is 7.89. The van der Waals surface area contributed by atoms with Gasteiger partial charge in [0, 0.05) is 0 Å². The predicted octanol–water partition coefficient (Wildman–Crippen LogP) is 4.61. The van der Waals surface area contributed by atoms with Gasteiger partial charge in [-0.15, -0.1) is 0 Å². The van der Waals surface area contributed by atoms with Crippen LogP contribution in [0, 0.1) is 6.92 Å². The standard InChI is InChI=1S/C30H29N3O4S/c1-23-12-18-28(19-13-23)38(35,36)33-29(20-24-8-4-2-5-9-24)30(34)32-31-21-25-14-16-27(17-15-25)37-22-26-10-6-3-7-11-26/h2-19,21,29,33H,20,22H2,1H3,(H,32,34)/b31-21-/t29-/m1/s1. The van der Waals surface area contributed by atoms with Crippen molar-refractivity contribution in [2.45, 2.75) is 30.9 Å². The Hall–Kier alpha value is -4.27. The fourth-order valence-electron chi connectivity index (χ4n) is 3.65. The van der Waals surface area contributed by atoms with E-state index in [-0.39, 0.29) is 11.3 Å². The molecule has 0 spiro atoms. The first-order valence-corrected chi connectivity index (χ1v) is 13.6. The van der Waals surface area contributed by atoms with Crippen molar-refractivity contribution in [2.75, 3.05) is 0 Å². The number of nitrogens with zero attached hydrogens (tertiary/aromatic N) is 1. The quantitative estimate of drug-likeness (QED) is 0.220. The topological polar surface area (TPSA) is 96.9 Å². The molecule has 194 valence electrons. The van der Waals surface area contributed by atoms with E-state index in [1.807, 2.05) is 91.9 Å². The molecule has 1 atom stereocenters. The third kappa shape index (κ3) is 7.86. The highest BCUT2D eigenvalue weighted by Gasteiger charge is 2.26. The van der Waals surface area contributed by atoms with Crippen molar-refractivity contribution >= 4 is 22.1 Å². The molecule has 0 saturated heterocycles. The second-order valence-electron chi connectivity index (χ2n) is 8.75. The summed E-state index contributed by atoms with van der Waals surface area (Å²) in [5.74, 6) is 0.145. The maximum atomic E-state index is 13.0. The van der Waals surface area contributed by atoms with Crippen LogP contribution in [0.4, 0.5) is 0 Å². The zero-order valence-corrected chi connectivity index (χ0v) is 21.8. The van der Waals surface area contributed by atoms with Gasteiger partial charge in [-0.05, 0) is 66.4 Å². The number of sulfonamides is 1. The Labute approximate surface area is 223 Å². The number of rotatable bonds is 11. The Bertz CT molecular complexity index is 1460. The number of hydrogen-bond acceptors (Lipinski definition) is 5. The molecule has 0 radical (unpaired) electrons. The molecular weight excluding hydrogens is 498 g/mol. The van der Waals surface area contributed by atoms with Crippen molar-refractivity contribution in [1.29, 1.82) is 0 Å². The average molecular weight is 528 g/mol. The molecule has 7 nitrogen and oxygen atoms in total. The molecule has 0 aliphatic carbocycles. The number of hydrazone groups is 1. The van der Waals surface area contributed by atoms with E-state index in [0.717, 1.165) is 22.3 Å². The molecule has 0 aromatic heterocycles. The normalized spacial score (nSPS) is 12.2. The third-order valence-electron chi connectivity index (χ3n) is 5.74. The third-order valence-corrected chi connectivity index (χ3v) is 7.23. The van der Waals surface area contributed by atoms with Gasteiger partial charge in [0.25, 0.3) is 5.91 Å². The lowest BCUT2D eigenvalue weighted by Gasteiger charge is -2.17. The van der Waals surface area contributed by atoms with Crippen LogP contribution < -0.4 is 14.9 Å². The fourth-order valence-corrected chi connectivity index (χ4v) is 4.85. The van der Waals surface area contributed by atoms with E-state index >= 15 is 0 Å². The Morgan fingerprint density at radius 2 is 1.45 bits per heavy atom. The minimum absolute atomic E-state index is 0.0898. The highest BCUT2D eigenvalue weighted by atomic mass is 32.2. The molecule has 38 heavy (non-hydrogen) atoms. The molecule has 1 amide bonds. The minimum atomic E-state index is -3.93. The smallest absolute Gasteiger partial charge is 0.258 e. The number of hydrogen-bond donors (Lipinski definition) is 2. The monoisotopic (exact) mass is 527 g/mol. The van der Waals surface area contributed by atoms with Crippen LogP contribution in [0.2, 0.25) is 0 Å². The van der Waals surface area contributed by atoms with E-state index in [1.54, 1.807) is 12.1 Å². The Morgan fingerprint density at radius 3 is 2.08 bits per heavy atom. The van der Waals surface area contributed by atoms with E-state index in [2.05, 4.69) is 15.2 Å². The summed E-state index contributed by atoms with van der Waals surface area (Å²) in [6.45, 7) is 2.34. The van der Waals surface area contributed by atoms with Gasteiger partial charge in [0.05, 0.1) is 11.1 Å². The number of nitrogens with one attached hydrogen (secondary N) is 2. The Kier molecular flexibility index (Phi) is 9.02. The summed E-state index contributed by atoms with van der Waals surface area (Å²) in [4.78, 5) is 13.1. The largest absolute Gasteiger partial charge is 0.489 e. The van der Waals surface area contributed by atoms with Crippen LogP contribution in [-0.4, -0.2) is 26.6 Å². The molecule has 0 aliphatic heterocycles. The molecule has 0 bridgehead atoms.